The fraction of sp³-hybridized carbons (Fsp3) is 0.478. The SMILES string of the molecule is CCC(C)(C)c1cc(C2CCC(c3ccc(O)cc3)CC2)ccc1O. The molecule has 2 heteroatoms. The Morgan fingerprint density at radius 1 is 0.840 bits per heavy atom. The molecule has 3 rings (SSSR count). The lowest BCUT2D eigenvalue weighted by Gasteiger charge is -2.31. The first-order valence-electron chi connectivity index (χ1n) is 9.53. The van der Waals surface area contributed by atoms with E-state index in [1.165, 1.54) is 36.8 Å². The third-order valence-electron chi connectivity index (χ3n) is 6.20. The Hall–Kier alpha value is -1.96. The van der Waals surface area contributed by atoms with E-state index < -0.39 is 0 Å². The summed E-state index contributed by atoms with van der Waals surface area (Å²) in [6.07, 6.45) is 5.74. The van der Waals surface area contributed by atoms with E-state index in [4.69, 9.17) is 0 Å². The first kappa shape index (κ1) is 17.8. The van der Waals surface area contributed by atoms with Gasteiger partial charge in [-0.15, -0.1) is 0 Å². The van der Waals surface area contributed by atoms with Crippen molar-refractivity contribution >= 4 is 0 Å². The average molecular weight is 338 g/mol. The van der Waals surface area contributed by atoms with E-state index in [0.717, 1.165) is 12.0 Å². The minimum atomic E-state index is 0.00331. The average Bonchev–Trinajstić information content (AvgIpc) is 2.63. The highest BCUT2D eigenvalue weighted by Gasteiger charge is 2.26. The van der Waals surface area contributed by atoms with Crippen LogP contribution in [-0.2, 0) is 5.41 Å². The number of phenols is 2. The van der Waals surface area contributed by atoms with Gasteiger partial charge in [0.1, 0.15) is 11.5 Å². The molecule has 2 N–H and O–H groups in total. The van der Waals surface area contributed by atoms with Crippen molar-refractivity contribution in [3.05, 3.63) is 59.2 Å². The highest BCUT2D eigenvalue weighted by atomic mass is 16.3. The number of phenolic OH excluding ortho intramolecular Hbond substituents is 2. The van der Waals surface area contributed by atoms with Crippen LogP contribution in [0.1, 0.15) is 81.4 Å². The van der Waals surface area contributed by atoms with Crippen LogP contribution in [0.25, 0.3) is 0 Å². The predicted molar refractivity (Wildman–Crippen MR) is 103 cm³/mol. The Bertz CT molecular complexity index is 707. The Morgan fingerprint density at radius 2 is 1.36 bits per heavy atom. The van der Waals surface area contributed by atoms with Crippen LogP contribution in [0.2, 0.25) is 0 Å². The first-order chi connectivity index (χ1) is 11.9. The number of aromatic hydroxyl groups is 2. The van der Waals surface area contributed by atoms with Crippen molar-refractivity contribution in [2.24, 2.45) is 0 Å². The molecule has 0 radical (unpaired) electrons. The molecule has 134 valence electrons. The molecule has 0 aliphatic heterocycles. The summed E-state index contributed by atoms with van der Waals surface area (Å²) in [6.45, 7) is 6.58. The smallest absolute Gasteiger partial charge is 0.119 e. The molecule has 1 fully saturated rings. The maximum atomic E-state index is 10.3. The monoisotopic (exact) mass is 338 g/mol. The number of benzene rings is 2. The largest absolute Gasteiger partial charge is 0.508 e. The van der Waals surface area contributed by atoms with Crippen molar-refractivity contribution in [2.45, 2.75) is 70.1 Å². The summed E-state index contributed by atoms with van der Waals surface area (Å²) in [5.74, 6) is 1.95. The topological polar surface area (TPSA) is 40.5 Å². The summed E-state index contributed by atoms with van der Waals surface area (Å²) in [5.41, 5.74) is 3.80. The van der Waals surface area contributed by atoms with Crippen LogP contribution in [0.3, 0.4) is 0 Å². The summed E-state index contributed by atoms with van der Waals surface area (Å²) < 4.78 is 0. The molecule has 1 aliphatic carbocycles. The highest BCUT2D eigenvalue weighted by molar-refractivity contribution is 5.42. The van der Waals surface area contributed by atoms with Crippen LogP contribution in [0, 0.1) is 0 Å². The van der Waals surface area contributed by atoms with E-state index in [1.54, 1.807) is 12.1 Å². The summed E-state index contributed by atoms with van der Waals surface area (Å²) in [7, 11) is 0. The van der Waals surface area contributed by atoms with Gasteiger partial charge < -0.3 is 10.2 Å². The van der Waals surface area contributed by atoms with Crippen LogP contribution in [-0.4, -0.2) is 10.2 Å². The molecule has 2 aromatic carbocycles. The quantitative estimate of drug-likeness (QED) is 0.694. The van der Waals surface area contributed by atoms with Crippen LogP contribution in [0.5, 0.6) is 11.5 Å². The van der Waals surface area contributed by atoms with Crippen molar-refractivity contribution < 1.29 is 10.2 Å². The molecule has 1 aliphatic rings. The molecule has 1 saturated carbocycles. The van der Waals surface area contributed by atoms with Gasteiger partial charge in [0, 0.05) is 0 Å². The predicted octanol–water partition coefficient (Wildman–Crippen LogP) is 6.23. The summed E-state index contributed by atoms with van der Waals surface area (Å²) >= 11 is 0. The fourth-order valence-corrected chi connectivity index (χ4v) is 4.05. The van der Waals surface area contributed by atoms with E-state index in [1.807, 2.05) is 6.07 Å². The van der Waals surface area contributed by atoms with Gasteiger partial charge in [-0.1, -0.05) is 45.0 Å². The lowest BCUT2D eigenvalue weighted by Crippen LogP contribution is -2.17. The maximum absolute atomic E-state index is 10.3. The van der Waals surface area contributed by atoms with Crippen molar-refractivity contribution in [3.63, 3.8) is 0 Å². The molecule has 0 bridgehead atoms. The zero-order valence-corrected chi connectivity index (χ0v) is 15.6. The molecule has 2 nitrogen and oxygen atoms in total. The van der Waals surface area contributed by atoms with E-state index in [-0.39, 0.29) is 5.41 Å². The van der Waals surface area contributed by atoms with Gasteiger partial charge in [0.15, 0.2) is 0 Å². The Balaban J connectivity index is 1.73. The summed E-state index contributed by atoms with van der Waals surface area (Å²) in [4.78, 5) is 0. The van der Waals surface area contributed by atoms with E-state index in [0.29, 0.717) is 23.3 Å². The van der Waals surface area contributed by atoms with Crippen LogP contribution in [0.15, 0.2) is 42.5 Å². The van der Waals surface area contributed by atoms with Gasteiger partial charge in [0.2, 0.25) is 0 Å². The van der Waals surface area contributed by atoms with Gasteiger partial charge in [0.25, 0.3) is 0 Å². The molecule has 2 aromatic rings. The van der Waals surface area contributed by atoms with Gasteiger partial charge in [-0.25, -0.2) is 0 Å². The number of hydrogen-bond acceptors (Lipinski definition) is 2. The van der Waals surface area contributed by atoms with Crippen molar-refractivity contribution in [2.75, 3.05) is 0 Å². The van der Waals surface area contributed by atoms with Gasteiger partial charge >= 0.3 is 0 Å². The first-order valence-corrected chi connectivity index (χ1v) is 9.53. The molecule has 25 heavy (non-hydrogen) atoms. The van der Waals surface area contributed by atoms with Crippen molar-refractivity contribution in [1.29, 1.82) is 0 Å². The molecule has 0 amide bonds. The lowest BCUT2D eigenvalue weighted by atomic mass is 9.74. The zero-order valence-electron chi connectivity index (χ0n) is 15.6. The highest BCUT2D eigenvalue weighted by Crippen LogP contribution is 2.43. The van der Waals surface area contributed by atoms with Crippen LogP contribution >= 0.6 is 0 Å². The summed E-state index contributed by atoms with van der Waals surface area (Å²) in [5, 5.41) is 19.8. The van der Waals surface area contributed by atoms with Crippen molar-refractivity contribution in [1.82, 2.24) is 0 Å². The molecule has 0 heterocycles. The molecule has 0 aromatic heterocycles. The molecule has 0 atom stereocenters. The van der Waals surface area contributed by atoms with E-state index in [2.05, 4.69) is 45.0 Å². The van der Waals surface area contributed by atoms with E-state index in [9.17, 15) is 10.2 Å². The molecular formula is C23H30O2. The Kier molecular flexibility index (Phi) is 5.08. The Morgan fingerprint density at radius 3 is 1.92 bits per heavy atom. The second-order valence-corrected chi connectivity index (χ2v) is 8.15. The zero-order chi connectivity index (χ0) is 18.0. The lowest BCUT2D eigenvalue weighted by molar-refractivity contribution is 0.392. The standard InChI is InChI=1S/C23H30O2/c1-4-23(2,3)21-15-19(11-14-22(21)25)18-7-5-16(6-8-18)17-9-12-20(24)13-10-17/h9-16,18,24-25H,4-8H2,1-3H3. The van der Waals surface area contributed by atoms with Gasteiger partial charge in [0.05, 0.1) is 0 Å². The normalized spacial score (nSPS) is 21.2. The molecule has 0 spiro atoms. The second kappa shape index (κ2) is 7.11. The second-order valence-electron chi connectivity index (χ2n) is 8.15. The van der Waals surface area contributed by atoms with Crippen LogP contribution < -0.4 is 0 Å². The van der Waals surface area contributed by atoms with Crippen molar-refractivity contribution in [3.8, 4) is 11.5 Å². The van der Waals surface area contributed by atoms with E-state index >= 15 is 0 Å². The van der Waals surface area contributed by atoms with Gasteiger partial charge in [-0.2, -0.15) is 0 Å². The summed E-state index contributed by atoms with van der Waals surface area (Å²) in [6, 6.07) is 13.9. The molecule has 0 unspecified atom stereocenters. The van der Waals surface area contributed by atoms with Gasteiger partial charge in [-0.05, 0) is 84.2 Å². The third-order valence-corrected chi connectivity index (χ3v) is 6.20. The maximum Gasteiger partial charge on any atom is 0.119 e. The van der Waals surface area contributed by atoms with Gasteiger partial charge in [-0.3, -0.25) is 0 Å². The number of rotatable bonds is 4. The number of hydrogen-bond donors (Lipinski definition) is 2. The minimum Gasteiger partial charge on any atom is -0.508 e. The fourth-order valence-electron chi connectivity index (χ4n) is 4.05. The molecular weight excluding hydrogens is 308 g/mol. The molecule has 0 saturated heterocycles. The Labute approximate surface area is 151 Å². The minimum absolute atomic E-state index is 0.00331. The third kappa shape index (κ3) is 3.84. The van der Waals surface area contributed by atoms with Crippen LogP contribution in [0.4, 0.5) is 0 Å².